The second-order valence-electron chi connectivity index (χ2n) is 7.78. The predicted octanol–water partition coefficient (Wildman–Crippen LogP) is 3.52. The molecule has 0 aromatic heterocycles. The van der Waals surface area contributed by atoms with E-state index in [4.69, 9.17) is 0 Å². The summed E-state index contributed by atoms with van der Waals surface area (Å²) in [5.41, 5.74) is 0.544. The lowest BCUT2D eigenvalue weighted by atomic mass is 9.72. The van der Waals surface area contributed by atoms with Crippen molar-refractivity contribution in [3.63, 3.8) is 0 Å². The van der Waals surface area contributed by atoms with E-state index in [1.165, 1.54) is 77.5 Å². The third-order valence-electron chi connectivity index (χ3n) is 5.98. The van der Waals surface area contributed by atoms with Crippen LogP contribution in [0.3, 0.4) is 0 Å². The average Bonchev–Trinajstić information content (AvgIpc) is 2.60. The molecule has 1 saturated carbocycles. The van der Waals surface area contributed by atoms with Crippen molar-refractivity contribution < 1.29 is 0 Å². The highest BCUT2D eigenvalue weighted by atomic mass is 15.3. The molecule has 3 aliphatic rings. The quantitative estimate of drug-likeness (QED) is 0.715. The fraction of sp³-hybridized carbons (Fsp3) is 1.00. The van der Waals surface area contributed by atoms with Crippen LogP contribution in [0.4, 0.5) is 0 Å². The van der Waals surface area contributed by atoms with Crippen molar-refractivity contribution in [2.75, 3.05) is 26.2 Å². The number of nitrogens with zero attached hydrogens (tertiary/aromatic N) is 2. The molecule has 19 heavy (non-hydrogen) atoms. The summed E-state index contributed by atoms with van der Waals surface area (Å²) in [5, 5.41) is 0. The van der Waals surface area contributed by atoms with Crippen LogP contribution in [-0.4, -0.2) is 48.1 Å². The van der Waals surface area contributed by atoms with E-state index in [0.717, 1.165) is 12.1 Å². The standard InChI is InChI=1S/C17H32N2/c1-17(2)10-5-3-9-16(17)19-13-7-12-18-11-6-4-8-15(18)14-19/h15-16H,3-14H2,1-2H3. The van der Waals surface area contributed by atoms with Gasteiger partial charge in [0.15, 0.2) is 0 Å². The fourth-order valence-corrected chi connectivity index (χ4v) is 4.84. The minimum absolute atomic E-state index is 0.544. The fourth-order valence-electron chi connectivity index (χ4n) is 4.84. The Kier molecular flexibility index (Phi) is 4.19. The molecule has 0 spiro atoms. The van der Waals surface area contributed by atoms with Crippen LogP contribution in [-0.2, 0) is 0 Å². The van der Waals surface area contributed by atoms with E-state index in [-0.39, 0.29) is 0 Å². The lowest BCUT2D eigenvalue weighted by Crippen LogP contribution is -2.51. The molecule has 2 heterocycles. The smallest absolute Gasteiger partial charge is 0.0223 e. The Morgan fingerprint density at radius 2 is 1.53 bits per heavy atom. The van der Waals surface area contributed by atoms with Crippen LogP contribution in [0.25, 0.3) is 0 Å². The van der Waals surface area contributed by atoms with Gasteiger partial charge in [0.1, 0.15) is 0 Å². The Bertz CT molecular complexity index is 300. The van der Waals surface area contributed by atoms with Crippen LogP contribution in [0.15, 0.2) is 0 Å². The third-order valence-corrected chi connectivity index (χ3v) is 5.98. The van der Waals surface area contributed by atoms with E-state index < -0.39 is 0 Å². The molecule has 0 aromatic rings. The monoisotopic (exact) mass is 264 g/mol. The molecule has 3 rings (SSSR count). The van der Waals surface area contributed by atoms with Crippen molar-refractivity contribution in [1.29, 1.82) is 0 Å². The first-order chi connectivity index (χ1) is 9.17. The Morgan fingerprint density at radius 1 is 0.789 bits per heavy atom. The summed E-state index contributed by atoms with van der Waals surface area (Å²) in [5.74, 6) is 0. The van der Waals surface area contributed by atoms with Gasteiger partial charge in [0, 0.05) is 18.6 Å². The van der Waals surface area contributed by atoms with Crippen molar-refractivity contribution in [1.82, 2.24) is 9.80 Å². The topological polar surface area (TPSA) is 6.48 Å². The van der Waals surface area contributed by atoms with E-state index in [1.807, 2.05) is 0 Å². The normalized spacial score (nSPS) is 37.6. The number of rotatable bonds is 1. The lowest BCUT2D eigenvalue weighted by molar-refractivity contribution is 0.0360. The highest BCUT2D eigenvalue weighted by Crippen LogP contribution is 2.39. The molecule has 2 heteroatoms. The van der Waals surface area contributed by atoms with E-state index in [0.29, 0.717) is 5.41 Å². The average molecular weight is 264 g/mol. The molecule has 2 unspecified atom stereocenters. The zero-order chi connectivity index (χ0) is 13.3. The van der Waals surface area contributed by atoms with Gasteiger partial charge < -0.3 is 0 Å². The van der Waals surface area contributed by atoms with Crippen LogP contribution in [0.5, 0.6) is 0 Å². The largest absolute Gasteiger partial charge is 0.299 e. The molecule has 1 aliphatic carbocycles. The zero-order valence-electron chi connectivity index (χ0n) is 13.0. The second kappa shape index (κ2) is 5.73. The minimum Gasteiger partial charge on any atom is -0.299 e. The molecule has 3 fully saturated rings. The predicted molar refractivity (Wildman–Crippen MR) is 81.4 cm³/mol. The third kappa shape index (κ3) is 3.00. The van der Waals surface area contributed by atoms with Gasteiger partial charge >= 0.3 is 0 Å². The number of hydrogen-bond acceptors (Lipinski definition) is 2. The van der Waals surface area contributed by atoms with Crippen molar-refractivity contribution in [3.8, 4) is 0 Å². The molecule has 0 radical (unpaired) electrons. The number of hydrogen-bond donors (Lipinski definition) is 0. The number of fused-ring (bicyclic) bond motifs is 1. The summed E-state index contributed by atoms with van der Waals surface area (Å²) in [6, 6.07) is 1.72. The molecule has 0 aromatic carbocycles. The summed E-state index contributed by atoms with van der Waals surface area (Å²) >= 11 is 0. The highest BCUT2D eigenvalue weighted by molar-refractivity contribution is 4.93. The van der Waals surface area contributed by atoms with E-state index in [9.17, 15) is 0 Å². The Balaban J connectivity index is 1.69. The van der Waals surface area contributed by atoms with Gasteiger partial charge in [0.05, 0.1) is 0 Å². The maximum absolute atomic E-state index is 2.88. The van der Waals surface area contributed by atoms with Gasteiger partial charge in [0.2, 0.25) is 0 Å². The first-order valence-electron chi connectivity index (χ1n) is 8.65. The lowest BCUT2D eigenvalue weighted by Gasteiger charge is -2.46. The number of piperidine rings is 1. The van der Waals surface area contributed by atoms with E-state index in [1.54, 1.807) is 0 Å². The van der Waals surface area contributed by atoms with Gasteiger partial charge in [-0.1, -0.05) is 33.1 Å². The summed E-state index contributed by atoms with van der Waals surface area (Å²) < 4.78 is 0. The molecule has 0 amide bonds. The maximum Gasteiger partial charge on any atom is 0.0223 e. The van der Waals surface area contributed by atoms with Gasteiger partial charge in [-0.25, -0.2) is 0 Å². The summed E-state index contributed by atoms with van der Waals surface area (Å²) in [7, 11) is 0. The Morgan fingerprint density at radius 3 is 2.37 bits per heavy atom. The van der Waals surface area contributed by atoms with Crippen molar-refractivity contribution >= 4 is 0 Å². The SMILES string of the molecule is CC1(C)CCCCC1N1CCCN2CCCCC2C1. The molecule has 2 aliphatic heterocycles. The molecule has 2 atom stereocenters. The van der Waals surface area contributed by atoms with Crippen LogP contribution in [0.1, 0.15) is 65.2 Å². The van der Waals surface area contributed by atoms with Crippen LogP contribution >= 0.6 is 0 Å². The van der Waals surface area contributed by atoms with Crippen molar-refractivity contribution in [2.24, 2.45) is 5.41 Å². The first-order valence-corrected chi connectivity index (χ1v) is 8.65. The maximum atomic E-state index is 2.88. The molecule has 110 valence electrons. The van der Waals surface area contributed by atoms with Gasteiger partial charge in [0.25, 0.3) is 0 Å². The summed E-state index contributed by atoms with van der Waals surface area (Å²) in [6.45, 7) is 10.5. The molecule has 0 N–H and O–H groups in total. The van der Waals surface area contributed by atoms with Crippen LogP contribution < -0.4 is 0 Å². The Hall–Kier alpha value is -0.0800. The molecule has 2 nitrogen and oxygen atoms in total. The highest BCUT2D eigenvalue weighted by Gasteiger charge is 2.38. The van der Waals surface area contributed by atoms with Gasteiger partial charge in [-0.05, 0) is 57.2 Å². The Labute approximate surface area is 119 Å². The van der Waals surface area contributed by atoms with Crippen molar-refractivity contribution in [3.05, 3.63) is 0 Å². The van der Waals surface area contributed by atoms with Gasteiger partial charge in [-0.15, -0.1) is 0 Å². The van der Waals surface area contributed by atoms with Crippen LogP contribution in [0.2, 0.25) is 0 Å². The van der Waals surface area contributed by atoms with E-state index >= 15 is 0 Å². The summed E-state index contributed by atoms with van der Waals surface area (Å²) in [4.78, 5) is 5.68. The van der Waals surface area contributed by atoms with Crippen molar-refractivity contribution in [2.45, 2.75) is 77.3 Å². The molecule has 0 bridgehead atoms. The molecular weight excluding hydrogens is 232 g/mol. The van der Waals surface area contributed by atoms with Gasteiger partial charge in [-0.3, -0.25) is 9.80 Å². The second-order valence-corrected chi connectivity index (χ2v) is 7.78. The van der Waals surface area contributed by atoms with Gasteiger partial charge in [-0.2, -0.15) is 0 Å². The first kappa shape index (κ1) is 13.9. The molecule has 2 saturated heterocycles. The zero-order valence-corrected chi connectivity index (χ0v) is 13.0. The van der Waals surface area contributed by atoms with Crippen LogP contribution in [0, 0.1) is 5.41 Å². The summed E-state index contributed by atoms with van der Waals surface area (Å²) in [6.07, 6.45) is 11.5. The molecular formula is C17H32N2. The van der Waals surface area contributed by atoms with E-state index in [2.05, 4.69) is 23.6 Å². The minimum atomic E-state index is 0.544.